The number of hydrogen-bond acceptors (Lipinski definition) is 2. The van der Waals surface area contributed by atoms with E-state index in [2.05, 4.69) is 10.3 Å². The van der Waals surface area contributed by atoms with Crippen molar-refractivity contribution in [2.45, 2.75) is 6.54 Å². The third-order valence-corrected chi connectivity index (χ3v) is 2.21. The monoisotopic (exact) mass is 204 g/mol. The van der Waals surface area contributed by atoms with Gasteiger partial charge in [0.25, 0.3) is 0 Å². The maximum Gasteiger partial charge on any atom is 0.246 e. The van der Waals surface area contributed by atoms with E-state index in [0.29, 0.717) is 6.54 Å². The number of fused-ring (bicyclic) bond motifs is 1. The first-order valence-corrected chi connectivity index (χ1v) is 4.74. The number of aliphatic hydroxyl groups is 1. The molecule has 0 aliphatic heterocycles. The van der Waals surface area contributed by atoms with E-state index in [4.69, 9.17) is 5.11 Å². The Morgan fingerprint density at radius 3 is 2.93 bits per heavy atom. The lowest BCUT2D eigenvalue weighted by molar-refractivity contribution is -0.123. The van der Waals surface area contributed by atoms with Crippen molar-refractivity contribution in [1.29, 1.82) is 0 Å². The number of benzene rings is 1. The summed E-state index contributed by atoms with van der Waals surface area (Å²) in [5, 5.41) is 12.2. The number of aromatic nitrogens is 1. The Balaban J connectivity index is 2.12. The van der Waals surface area contributed by atoms with E-state index in [-0.39, 0.29) is 5.91 Å². The Kier molecular flexibility index (Phi) is 2.69. The quantitative estimate of drug-likeness (QED) is 0.691. The van der Waals surface area contributed by atoms with Crippen molar-refractivity contribution < 1.29 is 9.90 Å². The first-order chi connectivity index (χ1) is 7.29. The number of aromatic amines is 1. The fraction of sp³-hybridized carbons (Fsp3) is 0.182. The summed E-state index contributed by atoms with van der Waals surface area (Å²) in [5.74, 6) is -0.367. The molecule has 1 amide bonds. The van der Waals surface area contributed by atoms with Crippen LogP contribution >= 0.6 is 0 Å². The van der Waals surface area contributed by atoms with E-state index in [0.717, 1.165) is 16.6 Å². The first-order valence-electron chi connectivity index (χ1n) is 4.74. The Bertz CT molecular complexity index is 443. The SMILES string of the molecule is O=C(CO)NCc1cc2ccccc2[nH]1. The second kappa shape index (κ2) is 4.14. The van der Waals surface area contributed by atoms with Gasteiger partial charge in [-0.05, 0) is 17.5 Å². The van der Waals surface area contributed by atoms with Crippen molar-refractivity contribution in [1.82, 2.24) is 10.3 Å². The minimum atomic E-state index is -0.472. The van der Waals surface area contributed by atoms with Gasteiger partial charge >= 0.3 is 0 Å². The highest BCUT2D eigenvalue weighted by atomic mass is 16.3. The summed E-state index contributed by atoms with van der Waals surface area (Å²) in [7, 11) is 0. The maximum absolute atomic E-state index is 10.8. The van der Waals surface area contributed by atoms with E-state index in [9.17, 15) is 4.79 Å². The highest BCUT2D eigenvalue weighted by molar-refractivity contribution is 5.80. The number of carbonyl (C=O) groups excluding carboxylic acids is 1. The number of hydrogen-bond donors (Lipinski definition) is 3. The summed E-state index contributed by atoms with van der Waals surface area (Å²) in [6.07, 6.45) is 0. The van der Waals surface area contributed by atoms with Gasteiger partial charge in [-0.25, -0.2) is 0 Å². The topological polar surface area (TPSA) is 65.1 Å². The van der Waals surface area contributed by atoms with Gasteiger partial charge in [0.1, 0.15) is 6.61 Å². The van der Waals surface area contributed by atoms with Crippen molar-refractivity contribution in [2.75, 3.05) is 6.61 Å². The Morgan fingerprint density at radius 1 is 1.40 bits per heavy atom. The van der Waals surface area contributed by atoms with E-state index in [1.165, 1.54) is 0 Å². The van der Waals surface area contributed by atoms with E-state index < -0.39 is 6.61 Å². The number of nitrogens with one attached hydrogen (secondary N) is 2. The molecular weight excluding hydrogens is 192 g/mol. The molecule has 4 nitrogen and oxygen atoms in total. The van der Waals surface area contributed by atoms with Gasteiger partial charge in [-0.15, -0.1) is 0 Å². The van der Waals surface area contributed by atoms with Crippen LogP contribution in [0.5, 0.6) is 0 Å². The molecule has 0 atom stereocenters. The largest absolute Gasteiger partial charge is 0.387 e. The lowest BCUT2D eigenvalue weighted by atomic mass is 10.2. The molecule has 0 aliphatic rings. The van der Waals surface area contributed by atoms with Gasteiger partial charge in [0, 0.05) is 11.2 Å². The van der Waals surface area contributed by atoms with Gasteiger partial charge in [0.05, 0.1) is 6.54 Å². The fourth-order valence-electron chi connectivity index (χ4n) is 1.48. The Hall–Kier alpha value is -1.81. The van der Waals surface area contributed by atoms with Crippen molar-refractivity contribution in [2.24, 2.45) is 0 Å². The molecule has 15 heavy (non-hydrogen) atoms. The Morgan fingerprint density at radius 2 is 2.20 bits per heavy atom. The fourth-order valence-corrected chi connectivity index (χ4v) is 1.48. The first kappa shape index (κ1) is 9.73. The normalized spacial score (nSPS) is 10.5. The van der Waals surface area contributed by atoms with E-state index >= 15 is 0 Å². The zero-order chi connectivity index (χ0) is 10.7. The molecule has 0 fully saturated rings. The van der Waals surface area contributed by atoms with Crippen molar-refractivity contribution in [3.05, 3.63) is 36.0 Å². The number of rotatable bonds is 3. The Labute approximate surface area is 86.9 Å². The minimum absolute atomic E-state index is 0.367. The van der Waals surface area contributed by atoms with Crippen molar-refractivity contribution >= 4 is 16.8 Å². The number of amides is 1. The van der Waals surface area contributed by atoms with Crippen LogP contribution in [0.25, 0.3) is 10.9 Å². The molecule has 0 aliphatic carbocycles. The molecule has 1 heterocycles. The molecule has 0 saturated heterocycles. The summed E-state index contributed by atoms with van der Waals surface area (Å²) in [6, 6.07) is 9.88. The van der Waals surface area contributed by atoms with Crippen LogP contribution in [0.2, 0.25) is 0 Å². The molecule has 0 bridgehead atoms. The third kappa shape index (κ3) is 2.16. The van der Waals surface area contributed by atoms with Crippen LogP contribution in [-0.4, -0.2) is 22.6 Å². The molecule has 78 valence electrons. The van der Waals surface area contributed by atoms with Gasteiger partial charge in [-0.1, -0.05) is 18.2 Å². The summed E-state index contributed by atoms with van der Waals surface area (Å²) in [4.78, 5) is 14.0. The summed E-state index contributed by atoms with van der Waals surface area (Å²) in [5.41, 5.74) is 1.98. The number of H-pyrrole nitrogens is 1. The smallest absolute Gasteiger partial charge is 0.246 e. The van der Waals surface area contributed by atoms with Crippen LogP contribution in [0.1, 0.15) is 5.69 Å². The third-order valence-electron chi connectivity index (χ3n) is 2.21. The second-order valence-electron chi connectivity index (χ2n) is 3.32. The van der Waals surface area contributed by atoms with Gasteiger partial charge in [0.15, 0.2) is 0 Å². The van der Waals surface area contributed by atoms with Crippen LogP contribution in [0, 0.1) is 0 Å². The highest BCUT2D eigenvalue weighted by Gasteiger charge is 2.01. The van der Waals surface area contributed by atoms with Gasteiger partial charge in [-0.2, -0.15) is 0 Å². The molecule has 2 rings (SSSR count). The van der Waals surface area contributed by atoms with Gasteiger partial charge in [0.2, 0.25) is 5.91 Å². The van der Waals surface area contributed by atoms with Crippen molar-refractivity contribution in [3.8, 4) is 0 Å². The summed E-state index contributed by atoms with van der Waals surface area (Å²) in [6.45, 7) is -0.0612. The number of carbonyl (C=O) groups is 1. The molecule has 4 heteroatoms. The van der Waals surface area contributed by atoms with Gasteiger partial charge < -0.3 is 15.4 Å². The lowest BCUT2D eigenvalue weighted by Gasteiger charge is -1.99. The van der Waals surface area contributed by atoms with Crippen LogP contribution in [0.15, 0.2) is 30.3 Å². The molecule has 0 radical (unpaired) electrons. The van der Waals surface area contributed by atoms with E-state index in [1.54, 1.807) is 0 Å². The number of aliphatic hydroxyl groups excluding tert-OH is 1. The van der Waals surface area contributed by atoms with Crippen LogP contribution in [0.4, 0.5) is 0 Å². The average Bonchev–Trinajstić information content (AvgIpc) is 2.68. The molecule has 1 aromatic heterocycles. The lowest BCUT2D eigenvalue weighted by Crippen LogP contribution is -2.25. The maximum atomic E-state index is 10.8. The second-order valence-corrected chi connectivity index (χ2v) is 3.32. The summed E-state index contributed by atoms with van der Waals surface area (Å²) >= 11 is 0. The predicted octanol–water partition coefficient (Wildman–Crippen LogP) is 0.776. The number of para-hydroxylation sites is 1. The van der Waals surface area contributed by atoms with Crippen molar-refractivity contribution in [3.63, 3.8) is 0 Å². The van der Waals surface area contributed by atoms with Crippen LogP contribution < -0.4 is 5.32 Å². The average molecular weight is 204 g/mol. The molecule has 2 aromatic rings. The van der Waals surface area contributed by atoms with Gasteiger partial charge in [-0.3, -0.25) is 4.79 Å². The van der Waals surface area contributed by atoms with Crippen LogP contribution in [0.3, 0.4) is 0 Å². The van der Waals surface area contributed by atoms with E-state index in [1.807, 2.05) is 30.3 Å². The summed E-state index contributed by atoms with van der Waals surface area (Å²) < 4.78 is 0. The standard InChI is InChI=1S/C11H12N2O2/c14-7-11(15)12-6-9-5-8-3-1-2-4-10(8)13-9/h1-5,13-14H,6-7H2,(H,12,15). The van der Waals surface area contributed by atoms with Crippen LogP contribution in [-0.2, 0) is 11.3 Å². The molecule has 0 saturated carbocycles. The highest BCUT2D eigenvalue weighted by Crippen LogP contribution is 2.14. The molecule has 0 spiro atoms. The predicted molar refractivity (Wildman–Crippen MR) is 57.2 cm³/mol. The molecular formula is C11H12N2O2. The minimum Gasteiger partial charge on any atom is -0.387 e. The molecule has 0 unspecified atom stereocenters. The zero-order valence-corrected chi connectivity index (χ0v) is 8.16. The zero-order valence-electron chi connectivity index (χ0n) is 8.16. The molecule has 3 N–H and O–H groups in total. The molecule has 1 aromatic carbocycles.